The minimum absolute atomic E-state index is 0. The van der Waals surface area contributed by atoms with Crippen molar-refractivity contribution < 1.29 is 47.2 Å². The van der Waals surface area contributed by atoms with E-state index in [-0.39, 0.29) is 56.8 Å². The standard InChI is InChI=1S/C32H43BN2O6.C17H31BN2O4.CH4/c1-29(2)30(3,4)41-33(40-29)19-12-17-31-18-20-35(28(37)39-22-26-15-10-7-11-16-26)32(31,27(36)38-5)24-34(23-31)21-25-13-8-6-9-14-25;1-14(2)15(3,4)24-18(23-14)9-6-7-16-8-10-20-17(16,12-19-11-16)13(21)22-5;/h6-11,13-16H,12,17-24H2,1-5H3;19-20H,6-12H2,1-5H3;1H4/t31-,32-;16-,17-;/m00./s1. The lowest BCUT2D eigenvalue weighted by molar-refractivity contribution is -0.157. The molecule has 0 aromatic heterocycles. The van der Waals surface area contributed by atoms with E-state index in [9.17, 15) is 14.4 Å². The molecular formula is C50H78B2N4O10. The average Bonchev–Trinajstić information content (AvgIpc) is 4.05. The zero-order valence-electron chi connectivity index (χ0n) is 40.7. The molecule has 16 heteroatoms. The van der Waals surface area contributed by atoms with Crippen LogP contribution in [0, 0.1) is 10.8 Å². The van der Waals surface area contributed by atoms with Crippen molar-refractivity contribution in [1.82, 2.24) is 20.4 Å². The maximum Gasteiger partial charge on any atom is 0.457 e. The highest BCUT2D eigenvalue weighted by Crippen LogP contribution is 2.56. The van der Waals surface area contributed by atoms with E-state index < -0.39 is 33.8 Å². The van der Waals surface area contributed by atoms with Crippen molar-refractivity contribution in [3.8, 4) is 0 Å². The topological polar surface area (TPSA) is 146 Å². The Hall–Kier alpha value is -3.50. The van der Waals surface area contributed by atoms with Gasteiger partial charge in [0.15, 0.2) is 5.54 Å². The molecule has 8 rings (SSSR count). The van der Waals surface area contributed by atoms with E-state index in [1.165, 1.54) is 14.2 Å². The number of esters is 2. The number of likely N-dealkylation sites (tertiary alicyclic amines) is 2. The molecule has 6 aliphatic rings. The van der Waals surface area contributed by atoms with E-state index in [4.69, 9.17) is 32.8 Å². The van der Waals surface area contributed by atoms with Crippen LogP contribution in [0.15, 0.2) is 60.7 Å². The Kier molecular flexibility index (Phi) is 15.6. The fourth-order valence-electron chi connectivity index (χ4n) is 11.5. The van der Waals surface area contributed by atoms with E-state index >= 15 is 0 Å². The van der Waals surface area contributed by atoms with Gasteiger partial charge in [0.2, 0.25) is 0 Å². The molecule has 0 spiro atoms. The summed E-state index contributed by atoms with van der Waals surface area (Å²) in [6.07, 6.45) is 6.24. The largest absolute Gasteiger partial charge is 0.468 e. The number of nitrogens with one attached hydrogen (secondary N) is 2. The maximum atomic E-state index is 13.9. The number of methoxy groups -OCH3 is 2. The minimum Gasteiger partial charge on any atom is -0.468 e. The monoisotopic (exact) mass is 917 g/mol. The van der Waals surface area contributed by atoms with E-state index in [1.807, 2.05) is 48.5 Å². The predicted octanol–water partition coefficient (Wildman–Crippen LogP) is 7.30. The molecule has 14 nitrogen and oxygen atoms in total. The molecule has 66 heavy (non-hydrogen) atoms. The summed E-state index contributed by atoms with van der Waals surface area (Å²) in [7, 11) is 2.42. The molecule has 0 aliphatic carbocycles. The molecule has 1 amide bonds. The molecule has 2 aromatic rings. The van der Waals surface area contributed by atoms with Gasteiger partial charge in [-0.15, -0.1) is 0 Å². The first-order chi connectivity index (χ1) is 30.7. The Balaban J connectivity index is 0.000000245. The smallest absolute Gasteiger partial charge is 0.457 e. The Labute approximate surface area is 395 Å². The summed E-state index contributed by atoms with van der Waals surface area (Å²) >= 11 is 0. The Bertz CT molecular complexity index is 1950. The van der Waals surface area contributed by atoms with Crippen LogP contribution in [0.1, 0.15) is 112 Å². The SMILES string of the molecule is C.COC(=O)[C@@]12CN(Cc3ccccc3)C[C@]1(CCCB1OC(C)(C)C(C)(C)O1)CCN2C(=O)OCc1ccccc1.COC(=O)[C@@]12CNC[C@]1(CCCB1OC(C)(C)C(C)(C)O1)CCN2. The highest BCUT2D eigenvalue weighted by atomic mass is 16.7. The second kappa shape index (κ2) is 19.8. The number of benzene rings is 2. The van der Waals surface area contributed by atoms with E-state index in [2.05, 4.69) is 83.1 Å². The lowest BCUT2D eigenvalue weighted by Gasteiger charge is -2.41. The summed E-state index contributed by atoms with van der Waals surface area (Å²) in [6, 6.07) is 19.8. The third kappa shape index (κ3) is 9.58. The Morgan fingerprint density at radius 2 is 1.18 bits per heavy atom. The summed E-state index contributed by atoms with van der Waals surface area (Å²) in [6.45, 7) is 21.3. The van der Waals surface area contributed by atoms with Gasteiger partial charge in [0.25, 0.3) is 0 Å². The highest BCUT2D eigenvalue weighted by molar-refractivity contribution is 6.45. The zero-order valence-corrected chi connectivity index (χ0v) is 40.7. The van der Waals surface area contributed by atoms with Crippen molar-refractivity contribution in [2.45, 2.75) is 161 Å². The Morgan fingerprint density at radius 1 is 0.667 bits per heavy atom. The van der Waals surface area contributed by atoms with Crippen LogP contribution in [-0.4, -0.2) is 129 Å². The van der Waals surface area contributed by atoms with Gasteiger partial charge in [-0.2, -0.15) is 0 Å². The van der Waals surface area contributed by atoms with Crippen molar-refractivity contribution in [3.05, 3.63) is 71.8 Å². The first-order valence-corrected chi connectivity index (χ1v) is 23.8. The number of hydrogen-bond acceptors (Lipinski definition) is 13. The molecule has 4 atom stereocenters. The molecule has 0 saturated carbocycles. The summed E-state index contributed by atoms with van der Waals surface area (Å²) in [4.78, 5) is 43.9. The number of fused-ring (bicyclic) bond motifs is 2. The van der Waals surface area contributed by atoms with Crippen LogP contribution in [0.2, 0.25) is 12.6 Å². The number of amides is 1. The number of ether oxygens (including phenoxy) is 3. The van der Waals surface area contributed by atoms with Crippen LogP contribution in [0.25, 0.3) is 0 Å². The first-order valence-electron chi connectivity index (χ1n) is 23.8. The molecule has 6 saturated heterocycles. The predicted molar refractivity (Wildman–Crippen MR) is 256 cm³/mol. The van der Waals surface area contributed by atoms with Gasteiger partial charge in [0, 0.05) is 50.1 Å². The Morgan fingerprint density at radius 3 is 1.71 bits per heavy atom. The van der Waals surface area contributed by atoms with Gasteiger partial charge in [-0.3, -0.25) is 9.80 Å². The highest BCUT2D eigenvalue weighted by Gasteiger charge is 2.70. The van der Waals surface area contributed by atoms with Crippen molar-refractivity contribution in [2.24, 2.45) is 10.8 Å². The van der Waals surface area contributed by atoms with Crippen molar-refractivity contribution >= 4 is 32.3 Å². The third-order valence-electron chi connectivity index (χ3n) is 16.4. The maximum absolute atomic E-state index is 13.9. The fourth-order valence-corrected chi connectivity index (χ4v) is 11.5. The molecule has 0 unspecified atom stereocenters. The normalized spacial score (nSPS) is 29.9. The van der Waals surface area contributed by atoms with E-state index in [1.54, 1.807) is 4.90 Å². The number of carbonyl (C=O) groups is 3. The molecule has 2 aromatic carbocycles. The summed E-state index contributed by atoms with van der Waals surface area (Å²) in [5.74, 6) is -0.515. The molecule has 6 heterocycles. The zero-order chi connectivity index (χ0) is 46.9. The lowest BCUT2D eigenvalue weighted by atomic mass is 9.67. The molecule has 0 bridgehead atoms. The van der Waals surface area contributed by atoms with Gasteiger partial charge in [-0.1, -0.05) is 80.9 Å². The average molecular weight is 917 g/mol. The van der Waals surface area contributed by atoms with Gasteiger partial charge in [-0.25, -0.2) is 14.4 Å². The van der Waals surface area contributed by atoms with Gasteiger partial charge >= 0.3 is 32.3 Å². The molecule has 2 N–H and O–H groups in total. The fraction of sp³-hybridized carbons (Fsp3) is 0.700. The molecular weight excluding hydrogens is 838 g/mol. The van der Waals surface area contributed by atoms with Crippen molar-refractivity contribution in [1.29, 1.82) is 0 Å². The van der Waals surface area contributed by atoms with Crippen molar-refractivity contribution in [3.63, 3.8) is 0 Å². The van der Waals surface area contributed by atoms with Crippen LogP contribution >= 0.6 is 0 Å². The second-order valence-electron chi connectivity index (χ2n) is 21.3. The summed E-state index contributed by atoms with van der Waals surface area (Å²) in [5.41, 5.74) is -1.54. The lowest BCUT2D eigenvalue weighted by Crippen LogP contribution is -2.62. The molecule has 6 aliphatic heterocycles. The summed E-state index contributed by atoms with van der Waals surface area (Å²) < 4.78 is 41.1. The number of carbonyl (C=O) groups excluding carboxylic acids is 3. The number of hydrogen-bond donors (Lipinski definition) is 2. The van der Waals surface area contributed by atoms with Gasteiger partial charge < -0.3 is 43.5 Å². The molecule has 0 radical (unpaired) electrons. The second-order valence-corrected chi connectivity index (χ2v) is 21.3. The van der Waals surface area contributed by atoms with Gasteiger partial charge in [-0.05, 0) is 111 Å². The van der Waals surface area contributed by atoms with E-state index in [0.29, 0.717) is 45.5 Å². The van der Waals surface area contributed by atoms with Crippen LogP contribution in [0.3, 0.4) is 0 Å². The summed E-state index contributed by atoms with van der Waals surface area (Å²) in [5, 5.41) is 6.83. The molecule has 364 valence electrons. The quantitative estimate of drug-likeness (QED) is 0.111. The van der Waals surface area contributed by atoms with Crippen LogP contribution in [0.4, 0.5) is 4.79 Å². The van der Waals surface area contributed by atoms with Crippen molar-refractivity contribution in [2.75, 3.05) is 53.5 Å². The van der Waals surface area contributed by atoms with Crippen LogP contribution < -0.4 is 10.6 Å². The van der Waals surface area contributed by atoms with Gasteiger partial charge in [0.1, 0.15) is 12.1 Å². The molecule has 6 fully saturated rings. The van der Waals surface area contributed by atoms with Crippen LogP contribution in [0.5, 0.6) is 0 Å². The number of nitrogens with zero attached hydrogens (tertiary/aromatic N) is 2. The first kappa shape index (κ1) is 51.9. The third-order valence-corrected chi connectivity index (χ3v) is 16.4. The number of rotatable bonds is 14. The minimum atomic E-state index is -1.14. The van der Waals surface area contributed by atoms with Gasteiger partial charge in [0.05, 0.1) is 36.6 Å². The van der Waals surface area contributed by atoms with Crippen LogP contribution in [-0.2, 0) is 55.6 Å². The van der Waals surface area contributed by atoms with E-state index in [0.717, 1.165) is 62.6 Å².